The third-order valence-corrected chi connectivity index (χ3v) is 6.89. The lowest BCUT2D eigenvalue weighted by atomic mass is 9.77. The fraction of sp³-hybridized carbons (Fsp3) is 0.591. The van der Waals surface area contributed by atoms with E-state index < -0.39 is 0 Å². The van der Waals surface area contributed by atoms with Gasteiger partial charge in [-0.3, -0.25) is 9.80 Å². The first-order chi connectivity index (χ1) is 14.2. The van der Waals surface area contributed by atoms with E-state index in [9.17, 15) is 9.50 Å². The molecular weight excluding hydrogens is 371 g/mol. The van der Waals surface area contributed by atoms with Crippen LogP contribution >= 0.6 is 0 Å². The second kappa shape index (κ2) is 8.14. The quantitative estimate of drug-likeness (QED) is 0.850. The van der Waals surface area contributed by atoms with E-state index in [1.165, 1.54) is 6.07 Å². The number of aromatic nitrogens is 2. The predicted molar refractivity (Wildman–Crippen MR) is 107 cm³/mol. The topological polar surface area (TPSA) is 53.8 Å². The molecule has 0 bridgehead atoms. The van der Waals surface area contributed by atoms with Crippen molar-refractivity contribution in [2.24, 2.45) is 11.8 Å². The van der Waals surface area contributed by atoms with Crippen molar-refractivity contribution in [2.75, 3.05) is 39.4 Å². The van der Waals surface area contributed by atoms with Crippen LogP contribution in [-0.2, 0) is 11.3 Å². The van der Waals surface area contributed by atoms with E-state index in [4.69, 9.17) is 4.74 Å². The lowest BCUT2D eigenvalue weighted by Gasteiger charge is -2.43. The first-order valence-corrected chi connectivity index (χ1v) is 10.7. The lowest BCUT2D eigenvalue weighted by Crippen LogP contribution is -2.53. The number of aliphatic hydroxyl groups is 1. The first kappa shape index (κ1) is 19.2. The maximum Gasteiger partial charge on any atom is 0.123 e. The first-order valence-electron chi connectivity index (χ1n) is 10.7. The molecule has 3 aliphatic rings. The molecule has 0 unspecified atom stereocenters. The molecule has 29 heavy (non-hydrogen) atoms. The van der Waals surface area contributed by atoms with Gasteiger partial charge in [-0.15, -0.1) is 0 Å². The van der Waals surface area contributed by atoms with Gasteiger partial charge < -0.3 is 9.84 Å². The maximum absolute atomic E-state index is 14.0. The zero-order valence-electron chi connectivity index (χ0n) is 16.7. The van der Waals surface area contributed by atoms with Crippen molar-refractivity contribution in [1.29, 1.82) is 0 Å². The van der Waals surface area contributed by atoms with Crippen LogP contribution in [0.15, 0.2) is 36.7 Å². The van der Waals surface area contributed by atoms with Crippen LogP contribution in [0, 0.1) is 17.7 Å². The molecule has 3 fully saturated rings. The van der Waals surface area contributed by atoms with Gasteiger partial charge in [-0.25, -0.2) is 9.07 Å². The van der Waals surface area contributed by atoms with Gasteiger partial charge in [0.25, 0.3) is 0 Å². The molecule has 2 aliphatic heterocycles. The Balaban J connectivity index is 1.29. The van der Waals surface area contributed by atoms with Crippen molar-refractivity contribution < 1.29 is 14.2 Å². The molecule has 6 nitrogen and oxygen atoms in total. The summed E-state index contributed by atoms with van der Waals surface area (Å²) in [6.45, 7) is 6.04. The zero-order chi connectivity index (χ0) is 19.8. The molecule has 1 saturated carbocycles. The van der Waals surface area contributed by atoms with Gasteiger partial charge in [0, 0.05) is 51.2 Å². The average molecular weight is 400 g/mol. The summed E-state index contributed by atoms with van der Waals surface area (Å²) in [4.78, 5) is 4.83. The SMILES string of the molecule is O[C@@H]1C[C@H]2CN(Cc3cc(F)ccc3-n3cccn3)C[C@H]2C[C@H]1N1CCOCC1. The fourth-order valence-corrected chi connectivity index (χ4v) is 5.49. The second-order valence-corrected chi connectivity index (χ2v) is 8.69. The number of likely N-dealkylation sites (tertiary alicyclic amines) is 1. The third kappa shape index (κ3) is 3.97. The summed E-state index contributed by atoms with van der Waals surface area (Å²) >= 11 is 0. The van der Waals surface area contributed by atoms with E-state index in [0.29, 0.717) is 18.4 Å². The number of rotatable bonds is 4. The number of benzene rings is 1. The minimum Gasteiger partial charge on any atom is -0.391 e. The molecule has 1 aliphatic carbocycles. The van der Waals surface area contributed by atoms with Crippen LogP contribution in [-0.4, -0.2) is 76.2 Å². The van der Waals surface area contributed by atoms with Gasteiger partial charge >= 0.3 is 0 Å². The predicted octanol–water partition coefficient (Wildman–Crippen LogP) is 1.91. The summed E-state index contributed by atoms with van der Waals surface area (Å²) in [5, 5.41) is 15.1. The second-order valence-electron chi connectivity index (χ2n) is 8.69. The van der Waals surface area contributed by atoms with Gasteiger partial charge in [0.1, 0.15) is 5.82 Å². The molecule has 5 rings (SSSR count). The van der Waals surface area contributed by atoms with E-state index in [1.807, 2.05) is 12.3 Å². The molecule has 7 heteroatoms. The van der Waals surface area contributed by atoms with Crippen molar-refractivity contribution in [3.63, 3.8) is 0 Å². The number of morpholine rings is 1. The Bertz CT molecular complexity index is 824. The largest absolute Gasteiger partial charge is 0.391 e. The highest BCUT2D eigenvalue weighted by molar-refractivity contribution is 5.40. The Hall–Kier alpha value is -1.80. The summed E-state index contributed by atoms with van der Waals surface area (Å²) in [5.74, 6) is 0.896. The Morgan fingerprint density at radius 2 is 1.93 bits per heavy atom. The Morgan fingerprint density at radius 1 is 1.14 bits per heavy atom. The fourth-order valence-electron chi connectivity index (χ4n) is 5.49. The number of nitrogens with zero attached hydrogens (tertiary/aromatic N) is 4. The standard InChI is InChI=1S/C22H29FN4O2/c23-19-2-3-20(27-5-1-4-24-27)18(10-19)15-25-13-16-11-21(22(28)12-17(16)14-25)26-6-8-29-9-7-26/h1-5,10,16-17,21-22,28H,6-9,11-15H2/t16-,17+,21-,22-/m1/s1. The minimum atomic E-state index is -0.261. The number of ether oxygens (including phenoxy) is 1. The molecular formula is C22H29FN4O2. The number of aliphatic hydroxyl groups excluding tert-OH is 1. The summed E-state index contributed by atoms with van der Waals surface area (Å²) < 4.78 is 21.2. The van der Waals surface area contributed by atoms with Crippen LogP contribution in [0.4, 0.5) is 4.39 Å². The van der Waals surface area contributed by atoms with Crippen LogP contribution < -0.4 is 0 Å². The molecule has 4 atom stereocenters. The van der Waals surface area contributed by atoms with E-state index >= 15 is 0 Å². The Morgan fingerprint density at radius 3 is 2.69 bits per heavy atom. The zero-order valence-corrected chi connectivity index (χ0v) is 16.7. The van der Waals surface area contributed by atoms with Crippen molar-refractivity contribution in [3.05, 3.63) is 48.0 Å². The lowest BCUT2D eigenvalue weighted by molar-refractivity contribution is -0.0520. The van der Waals surface area contributed by atoms with Gasteiger partial charge in [-0.05, 0) is 54.5 Å². The molecule has 2 aromatic rings. The molecule has 156 valence electrons. The normalized spacial score (nSPS) is 31.1. The monoisotopic (exact) mass is 400 g/mol. The molecule has 0 spiro atoms. The van der Waals surface area contributed by atoms with Gasteiger partial charge in [-0.2, -0.15) is 5.10 Å². The maximum atomic E-state index is 14.0. The van der Waals surface area contributed by atoms with Crippen molar-refractivity contribution in [2.45, 2.75) is 31.5 Å². The van der Waals surface area contributed by atoms with Crippen LogP contribution in [0.1, 0.15) is 18.4 Å². The summed E-state index contributed by atoms with van der Waals surface area (Å²) in [6.07, 6.45) is 5.27. The molecule has 0 radical (unpaired) electrons. The smallest absolute Gasteiger partial charge is 0.123 e. The highest BCUT2D eigenvalue weighted by atomic mass is 19.1. The van der Waals surface area contributed by atoms with Crippen LogP contribution in [0.25, 0.3) is 5.69 Å². The number of halogens is 1. The molecule has 3 heterocycles. The average Bonchev–Trinajstić information content (AvgIpc) is 3.38. The molecule has 0 amide bonds. The third-order valence-electron chi connectivity index (χ3n) is 6.89. The minimum absolute atomic E-state index is 0.213. The van der Waals surface area contributed by atoms with Crippen LogP contribution in [0.2, 0.25) is 0 Å². The van der Waals surface area contributed by atoms with Gasteiger partial charge in [0.05, 0.1) is 25.0 Å². The molecule has 2 saturated heterocycles. The van der Waals surface area contributed by atoms with E-state index in [-0.39, 0.29) is 18.0 Å². The summed E-state index contributed by atoms with van der Waals surface area (Å²) in [7, 11) is 0. The number of hydrogen-bond donors (Lipinski definition) is 1. The Labute approximate surface area is 170 Å². The van der Waals surface area contributed by atoms with E-state index in [2.05, 4.69) is 14.9 Å². The van der Waals surface area contributed by atoms with Crippen LogP contribution in [0.3, 0.4) is 0 Å². The van der Waals surface area contributed by atoms with Crippen molar-refractivity contribution in [3.8, 4) is 5.69 Å². The molecule has 1 N–H and O–H groups in total. The van der Waals surface area contributed by atoms with Gasteiger partial charge in [0.15, 0.2) is 0 Å². The van der Waals surface area contributed by atoms with Gasteiger partial charge in [0.2, 0.25) is 0 Å². The van der Waals surface area contributed by atoms with Crippen molar-refractivity contribution in [1.82, 2.24) is 19.6 Å². The van der Waals surface area contributed by atoms with Gasteiger partial charge in [-0.1, -0.05) is 0 Å². The van der Waals surface area contributed by atoms with Crippen molar-refractivity contribution >= 4 is 0 Å². The van der Waals surface area contributed by atoms with E-state index in [0.717, 1.165) is 63.5 Å². The van der Waals surface area contributed by atoms with Crippen LogP contribution in [0.5, 0.6) is 0 Å². The number of hydrogen-bond acceptors (Lipinski definition) is 5. The highest BCUT2D eigenvalue weighted by Gasteiger charge is 2.43. The Kier molecular flexibility index (Phi) is 5.39. The summed E-state index contributed by atoms with van der Waals surface area (Å²) in [5.41, 5.74) is 1.88. The van der Waals surface area contributed by atoms with E-state index in [1.54, 1.807) is 23.0 Å². The number of fused-ring (bicyclic) bond motifs is 1. The molecule has 1 aromatic carbocycles. The summed E-state index contributed by atoms with van der Waals surface area (Å²) in [6, 6.07) is 7.05. The molecule has 1 aromatic heterocycles. The highest BCUT2D eigenvalue weighted by Crippen LogP contribution is 2.39.